The lowest BCUT2D eigenvalue weighted by Gasteiger charge is -2.10. The number of carbonyl (C=O) groups excluding carboxylic acids is 2. The van der Waals surface area contributed by atoms with Crippen LogP contribution in [-0.4, -0.2) is 29.6 Å². The summed E-state index contributed by atoms with van der Waals surface area (Å²) in [6, 6.07) is 3.71. The van der Waals surface area contributed by atoms with Gasteiger partial charge in [-0.25, -0.2) is 4.39 Å². The van der Waals surface area contributed by atoms with E-state index in [4.69, 9.17) is 0 Å². The fourth-order valence-corrected chi connectivity index (χ4v) is 1.86. The van der Waals surface area contributed by atoms with E-state index in [1.165, 1.54) is 18.2 Å². The first-order valence-electron chi connectivity index (χ1n) is 6.16. The van der Waals surface area contributed by atoms with E-state index in [-0.39, 0.29) is 6.54 Å². The minimum atomic E-state index is -0.844. The first-order valence-corrected chi connectivity index (χ1v) is 6.95. The van der Waals surface area contributed by atoms with E-state index < -0.39 is 23.7 Å². The molecular formula is C13H16BrFN2O3. The minimum absolute atomic E-state index is 0.214. The fraction of sp³-hybridized carbons (Fsp3) is 0.385. The number of anilines is 1. The Hall–Kier alpha value is -1.47. The van der Waals surface area contributed by atoms with Crippen LogP contribution in [0.3, 0.4) is 0 Å². The van der Waals surface area contributed by atoms with Crippen LogP contribution in [-0.2, 0) is 9.59 Å². The largest absolute Gasteiger partial charge is 0.393 e. The molecule has 110 valence electrons. The molecular weight excluding hydrogens is 331 g/mol. The lowest BCUT2D eigenvalue weighted by atomic mass is 10.2. The zero-order valence-electron chi connectivity index (χ0n) is 11.0. The van der Waals surface area contributed by atoms with E-state index in [2.05, 4.69) is 26.6 Å². The summed E-state index contributed by atoms with van der Waals surface area (Å²) in [6.07, 6.45) is 0.477. The van der Waals surface area contributed by atoms with E-state index >= 15 is 0 Å². The van der Waals surface area contributed by atoms with E-state index in [1.807, 2.05) is 6.92 Å². The van der Waals surface area contributed by atoms with Gasteiger partial charge in [-0.2, -0.15) is 0 Å². The molecule has 1 atom stereocenters. The van der Waals surface area contributed by atoms with Crippen molar-refractivity contribution < 1.29 is 19.1 Å². The Bertz CT molecular complexity index is 497. The topological polar surface area (TPSA) is 78.4 Å². The summed E-state index contributed by atoms with van der Waals surface area (Å²) in [4.78, 5) is 23.1. The van der Waals surface area contributed by atoms with E-state index in [0.717, 1.165) is 0 Å². The molecule has 0 bridgehead atoms. The molecule has 0 fully saturated rings. The number of hydrogen-bond donors (Lipinski definition) is 3. The molecule has 0 saturated heterocycles. The molecule has 3 N–H and O–H groups in total. The summed E-state index contributed by atoms with van der Waals surface area (Å²) in [6.45, 7) is 2.04. The average Bonchev–Trinajstić information content (AvgIpc) is 2.41. The Morgan fingerprint density at radius 3 is 2.70 bits per heavy atom. The Morgan fingerprint density at radius 2 is 2.10 bits per heavy atom. The van der Waals surface area contributed by atoms with Crippen LogP contribution < -0.4 is 10.6 Å². The first kappa shape index (κ1) is 16.6. The number of rotatable bonds is 5. The third-order valence-corrected chi connectivity index (χ3v) is 3.28. The molecule has 0 aliphatic rings. The molecule has 20 heavy (non-hydrogen) atoms. The van der Waals surface area contributed by atoms with Gasteiger partial charge >= 0.3 is 11.8 Å². The van der Waals surface area contributed by atoms with Gasteiger partial charge in [0, 0.05) is 11.0 Å². The van der Waals surface area contributed by atoms with Crippen molar-refractivity contribution in [3.8, 4) is 0 Å². The van der Waals surface area contributed by atoms with E-state index in [0.29, 0.717) is 23.0 Å². The number of amides is 2. The summed E-state index contributed by atoms with van der Waals surface area (Å²) in [7, 11) is 0. The summed E-state index contributed by atoms with van der Waals surface area (Å²) in [5.74, 6) is -2.10. The van der Waals surface area contributed by atoms with Crippen LogP contribution in [0.4, 0.5) is 10.1 Å². The summed E-state index contributed by atoms with van der Waals surface area (Å²) >= 11 is 3.09. The summed E-state index contributed by atoms with van der Waals surface area (Å²) in [5.41, 5.74) is 0.306. The zero-order valence-corrected chi connectivity index (χ0v) is 12.5. The molecule has 0 spiro atoms. The highest BCUT2D eigenvalue weighted by Crippen LogP contribution is 2.22. The van der Waals surface area contributed by atoms with Gasteiger partial charge in [-0.15, -0.1) is 0 Å². The standard InChI is InChI=1S/C13H16BrFN2O3/c1-2-9(18)5-6-16-12(19)13(20)17-11-4-3-8(15)7-10(11)14/h3-4,7,9,18H,2,5-6H2,1H3,(H,16,19)(H,17,20). The van der Waals surface area contributed by atoms with Crippen molar-refractivity contribution in [2.24, 2.45) is 0 Å². The smallest absolute Gasteiger partial charge is 0.313 e. The van der Waals surface area contributed by atoms with Crippen molar-refractivity contribution in [1.82, 2.24) is 5.32 Å². The number of hydrogen-bond acceptors (Lipinski definition) is 3. The molecule has 0 aliphatic carbocycles. The van der Waals surface area contributed by atoms with Gasteiger partial charge in [0.25, 0.3) is 0 Å². The van der Waals surface area contributed by atoms with Crippen molar-refractivity contribution in [2.45, 2.75) is 25.9 Å². The second-order valence-electron chi connectivity index (χ2n) is 4.18. The molecule has 0 heterocycles. The van der Waals surface area contributed by atoms with Gasteiger partial charge in [0.1, 0.15) is 5.82 Å². The van der Waals surface area contributed by atoms with Crippen LogP contribution in [0.15, 0.2) is 22.7 Å². The lowest BCUT2D eigenvalue weighted by molar-refractivity contribution is -0.136. The normalized spacial score (nSPS) is 11.8. The van der Waals surface area contributed by atoms with Gasteiger partial charge < -0.3 is 15.7 Å². The van der Waals surface area contributed by atoms with Crippen molar-refractivity contribution in [2.75, 3.05) is 11.9 Å². The van der Waals surface area contributed by atoms with Crippen molar-refractivity contribution in [1.29, 1.82) is 0 Å². The van der Waals surface area contributed by atoms with Gasteiger partial charge in [-0.1, -0.05) is 6.92 Å². The first-order chi connectivity index (χ1) is 9.43. The predicted molar refractivity (Wildman–Crippen MR) is 76.7 cm³/mol. The zero-order chi connectivity index (χ0) is 15.1. The SMILES string of the molecule is CCC(O)CCNC(=O)C(=O)Nc1ccc(F)cc1Br. The van der Waals surface area contributed by atoms with Crippen molar-refractivity contribution in [3.05, 3.63) is 28.5 Å². The number of aliphatic hydroxyl groups is 1. The minimum Gasteiger partial charge on any atom is -0.393 e. The maximum atomic E-state index is 12.9. The van der Waals surface area contributed by atoms with Gasteiger partial charge in [0.15, 0.2) is 0 Å². The van der Waals surface area contributed by atoms with Crippen molar-refractivity contribution >= 4 is 33.4 Å². The van der Waals surface area contributed by atoms with Crippen LogP contribution in [0.25, 0.3) is 0 Å². The van der Waals surface area contributed by atoms with Gasteiger partial charge in [-0.3, -0.25) is 9.59 Å². The summed E-state index contributed by atoms with van der Waals surface area (Å²) < 4.78 is 13.2. The Kier molecular flexibility index (Phi) is 6.60. The highest BCUT2D eigenvalue weighted by Gasteiger charge is 2.15. The third kappa shape index (κ3) is 5.26. The van der Waals surface area contributed by atoms with E-state index in [1.54, 1.807) is 0 Å². The highest BCUT2D eigenvalue weighted by molar-refractivity contribution is 9.10. The van der Waals surface area contributed by atoms with Crippen molar-refractivity contribution in [3.63, 3.8) is 0 Å². The lowest BCUT2D eigenvalue weighted by Crippen LogP contribution is -2.36. The average molecular weight is 347 g/mol. The molecule has 0 saturated carbocycles. The van der Waals surface area contributed by atoms with Crippen LogP contribution >= 0.6 is 15.9 Å². The quantitative estimate of drug-likeness (QED) is 0.711. The molecule has 1 rings (SSSR count). The number of aliphatic hydroxyl groups excluding tert-OH is 1. The van der Waals surface area contributed by atoms with Crippen LogP contribution in [0.5, 0.6) is 0 Å². The van der Waals surface area contributed by atoms with Gasteiger partial charge in [0.05, 0.1) is 11.8 Å². The molecule has 2 amide bonds. The predicted octanol–water partition coefficient (Wildman–Crippen LogP) is 1.80. The summed E-state index contributed by atoms with van der Waals surface area (Å²) in [5, 5.41) is 14.1. The molecule has 1 aromatic carbocycles. The van der Waals surface area contributed by atoms with Crippen LogP contribution in [0, 0.1) is 5.82 Å². The fourth-order valence-electron chi connectivity index (χ4n) is 1.41. The number of benzene rings is 1. The maximum absolute atomic E-state index is 12.9. The molecule has 0 radical (unpaired) electrons. The van der Waals surface area contributed by atoms with Crippen LogP contribution in [0.2, 0.25) is 0 Å². The second-order valence-corrected chi connectivity index (χ2v) is 5.04. The maximum Gasteiger partial charge on any atom is 0.313 e. The Labute approximate surface area is 124 Å². The Morgan fingerprint density at radius 1 is 1.40 bits per heavy atom. The number of halogens is 2. The van der Waals surface area contributed by atoms with Gasteiger partial charge in [0.2, 0.25) is 0 Å². The molecule has 1 unspecified atom stereocenters. The third-order valence-electron chi connectivity index (χ3n) is 2.62. The second kappa shape index (κ2) is 7.96. The van der Waals surface area contributed by atoms with Crippen LogP contribution in [0.1, 0.15) is 19.8 Å². The molecule has 5 nitrogen and oxygen atoms in total. The monoisotopic (exact) mass is 346 g/mol. The Balaban J connectivity index is 2.47. The van der Waals surface area contributed by atoms with Gasteiger partial charge in [-0.05, 0) is 47.0 Å². The van der Waals surface area contributed by atoms with E-state index in [9.17, 15) is 19.1 Å². The highest BCUT2D eigenvalue weighted by atomic mass is 79.9. The molecule has 1 aromatic rings. The molecule has 0 aliphatic heterocycles. The number of carbonyl (C=O) groups is 2. The molecule has 7 heteroatoms. The molecule has 0 aromatic heterocycles. The number of nitrogens with one attached hydrogen (secondary N) is 2.